The molecule has 4 heteroatoms. The minimum Gasteiger partial charge on any atom is -0.481 e. The van der Waals surface area contributed by atoms with Crippen LogP contribution in [0.2, 0.25) is 0 Å². The molecule has 0 aliphatic carbocycles. The molecule has 0 aliphatic rings. The van der Waals surface area contributed by atoms with E-state index in [0.717, 1.165) is 34.5 Å². The highest BCUT2D eigenvalue weighted by Gasteiger charge is 2.04. The summed E-state index contributed by atoms with van der Waals surface area (Å²) in [6.45, 7) is 4.79. The number of amides is 2. The smallest absolute Gasteiger partial charge is 0.319 e. The summed E-state index contributed by atoms with van der Waals surface area (Å²) in [5.74, 6) is 3.18. The molecule has 24 heavy (non-hydrogen) atoms. The second kappa shape index (κ2) is 8.64. The maximum absolute atomic E-state index is 12.0. The maximum atomic E-state index is 12.0. The molecule has 0 radical (unpaired) electrons. The number of anilines is 1. The number of urea groups is 1. The highest BCUT2D eigenvalue weighted by Crippen LogP contribution is 2.16. The molecule has 0 aromatic heterocycles. The van der Waals surface area contributed by atoms with E-state index in [-0.39, 0.29) is 12.6 Å². The van der Waals surface area contributed by atoms with Crippen LogP contribution in [0.4, 0.5) is 10.5 Å². The van der Waals surface area contributed by atoms with Gasteiger partial charge in [-0.1, -0.05) is 30.2 Å². The summed E-state index contributed by atoms with van der Waals surface area (Å²) in [4.78, 5) is 12.0. The molecule has 2 rings (SSSR count). The van der Waals surface area contributed by atoms with Crippen LogP contribution in [-0.4, -0.2) is 19.2 Å². The Kier molecular flexibility index (Phi) is 6.27. The molecule has 0 heterocycles. The minimum atomic E-state index is -0.197. The van der Waals surface area contributed by atoms with Gasteiger partial charge >= 0.3 is 6.03 Å². The Balaban J connectivity index is 1.78. The molecule has 0 unspecified atom stereocenters. The molecule has 2 N–H and O–H groups in total. The van der Waals surface area contributed by atoms with E-state index in [1.807, 2.05) is 56.3 Å². The zero-order chi connectivity index (χ0) is 17.4. The Hall–Kier alpha value is -2.93. The monoisotopic (exact) mass is 322 g/mol. The van der Waals surface area contributed by atoms with Gasteiger partial charge in [0.15, 0.2) is 0 Å². The van der Waals surface area contributed by atoms with Crippen molar-refractivity contribution in [2.75, 3.05) is 18.5 Å². The van der Waals surface area contributed by atoms with Crippen LogP contribution in [0.5, 0.6) is 5.75 Å². The van der Waals surface area contributed by atoms with E-state index in [1.54, 1.807) is 0 Å². The van der Waals surface area contributed by atoms with Gasteiger partial charge < -0.3 is 15.4 Å². The largest absolute Gasteiger partial charge is 0.481 e. The molecule has 4 nitrogen and oxygen atoms in total. The first-order valence-corrected chi connectivity index (χ1v) is 7.86. The fraction of sp³-hybridized carbons (Fsp3) is 0.250. The van der Waals surface area contributed by atoms with Gasteiger partial charge in [-0.25, -0.2) is 4.79 Å². The summed E-state index contributed by atoms with van der Waals surface area (Å²) >= 11 is 0. The number of hydrogen-bond donors (Lipinski definition) is 2. The molecule has 0 atom stereocenters. The highest BCUT2D eigenvalue weighted by atomic mass is 16.5. The van der Waals surface area contributed by atoms with Crippen LogP contribution < -0.4 is 15.4 Å². The number of carbonyl (C=O) groups excluding carboxylic acids is 1. The van der Waals surface area contributed by atoms with Crippen molar-refractivity contribution in [2.45, 2.75) is 20.3 Å². The Morgan fingerprint density at radius 2 is 1.92 bits per heavy atom. The lowest BCUT2D eigenvalue weighted by Crippen LogP contribution is -2.30. The number of aryl methyl sites for hydroxylation is 2. The van der Waals surface area contributed by atoms with Gasteiger partial charge in [-0.15, -0.1) is 6.42 Å². The number of hydrogen-bond acceptors (Lipinski definition) is 2. The second-order valence-corrected chi connectivity index (χ2v) is 5.59. The molecule has 0 bridgehead atoms. The van der Waals surface area contributed by atoms with Crippen LogP contribution in [0.1, 0.15) is 16.7 Å². The number of ether oxygens (including phenoxy) is 1. The van der Waals surface area contributed by atoms with Crippen LogP contribution in [-0.2, 0) is 6.42 Å². The third-order valence-electron chi connectivity index (χ3n) is 3.59. The Labute approximate surface area is 143 Å². The standard InChI is InChI=1S/C20H22N2O2/c1-4-13-24-18-9-7-17(8-10-18)11-12-21-20(23)22-19-14-15(2)5-6-16(19)3/h1,5-10,14H,11-13H2,2-3H3,(H2,21,22,23). The molecule has 0 fully saturated rings. The van der Waals surface area contributed by atoms with Gasteiger partial charge in [0.1, 0.15) is 12.4 Å². The highest BCUT2D eigenvalue weighted by molar-refractivity contribution is 5.90. The first-order valence-electron chi connectivity index (χ1n) is 7.86. The van der Waals surface area contributed by atoms with Gasteiger partial charge in [0, 0.05) is 12.2 Å². The third kappa shape index (κ3) is 5.36. The van der Waals surface area contributed by atoms with Crippen molar-refractivity contribution < 1.29 is 9.53 Å². The van der Waals surface area contributed by atoms with Crippen LogP contribution in [0.3, 0.4) is 0 Å². The van der Waals surface area contributed by atoms with Crippen LogP contribution in [0, 0.1) is 26.2 Å². The molecule has 0 spiro atoms. The molecule has 0 aliphatic heterocycles. The van der Waals surface area contributed by atoms with Gasteiger partial charge in [-0.3, -0.25) is 0 Å². The Morgan fingerprint density at radius 3 is 2.62 bits per heavy atom. The lowest BCUT2D eigenvalue weighted by molar-refractivity contribution is 0.252. The van der Waals surface area contributed by atoms with Crippen molar-refractivity contribution >= 4 is 11.7 Å². The van der Waals surface area contributed by atoms with Crippen molar-refractivity contribution in [1.82, 2.24) is 5.32 Å². The van der Waals surface area contributed by atoms with Crippen molar-refractivity contribution in [2.24, 2.45) is 0 Å². The summed E-state index contributed by atoms with van der Waals surface area (Å²) in [7, 11) is 0. The van der Waals surface area contributed by atoms with Crippen LogP contribution in [0.15, 0.2) is 42.5 Å². The van der Waals surface area contributed by atoms with Crippen LogP contribution >= 0.6 is 0 Å². The molecular weight excluding hydrogens is 300 g/mol. The summed E-state index contributed by atoms with van der Waals surface area (Å²) in [5, 5.41) is 5.75. The number of terminal acetylenes is 1. The van der Waals surface area contributed by atoms with Crippen molar-refractivity contribution in [3.8, 4) is 18.1 Å². The zero-order valence-corrected chi connectivity index (χ0v) is 14.1. The normalized spacial score (nSPS) is 9.88. The predicted octanol–water partition coefficient (Wildman–Crippen LogP) is 3.68. The van der Waals surface area contributed by atoms with Crippen molar-refractivity contribution in [1.29, 1.82) is 0 Å². The van der Waals surface area contributed by atoms with Gasteiger partial charge in [0.25, 0.3) is 0 Å². The Bertz CT molecular complexity index is 730. The molecule has 0 saturated carbocycles. The molecule has 2 aromatic carbocycles. The van der Waals surface area contributed by atoms with Crippen molar-refractivity contribution in [3.63, 3.8) is 0 Å². The second-order valence-electron chi connectivity index (χ2n) is 5.59. The third-order valence-corrected chi connectivity index (χ3v) is 3.59. The zero-order valence-electron chi connectivity index (χ0n) is 14.1. The van der Waals surface area contributed by atoms with Gasteiger partial charge in [-0.2, -0.15) is 0 Å². The fourth-order valence-electron chi connectivity index (χ4n) is 2.23. The molecule has 124 valence electrons. The SMILES string of the molecule is C#CCOc1ccc(CCNC(=O)Nc2cc(C)ccc2C)cc1. The van der Waals surface area contributed by atoms with E-state index in [9.17, 15) is 4.79 Å². The van der Waals surface area contributed by atoms with E-state index in [1.165, 1.54) is 0 Å². The summed E-state index contributed by atoms with van der Waals surface area (Å²) in [6.07, 6.45) is 5.90. The first kappa shape index (κ1) is 17.4. The number of rotatable bonds is 6. The predicted molar refractivity (Wildman–Crippen MR) is 97.4 cm³/mol. The number of benzene rings is 2. The lowest BCUT2D eigenvalue weighted by atomic mass is 10.1. The molecule has 2 aromatic rings. The first-order chi connectivity index (χ1) is 11.6. The van der Waals surface area contributed by atoms with E-state index >= 15 is 0 Å². The lowest BCUT2D eigenvalue weighted by Gasteiger charge is -2.11. The summed E-state index contributed by atoms with van der Waals surface area (Å²) in [6, 6.07) is 13.5. The number of nitrogens with one attached hydrogen (secondary N) is 2. The maximum Gasteiger partial charge on any atom is 0.319 e. The van der Waals surface area contributed by atoms with E-state index in [2.05, 4.69) is 16.6 Å². The van der Waals surface area contributed by atoms with Crippen LogP contribution in [0.25, 0.3) is 0 Å². The average molecular weight is 322 g/mol. The van der Waals surface area contributed by atoms with Crippen molar-refractivity contribution in [3.05, 3.63) is 59.2 Å². The number of carbonyl (C=O) groups is 1. The topological polar surface area (TPSA) is 50.4 Å². The molecule has 0 saturated heterocycles. The van der Waals surface area contributed by atoms with Gasteiger partial charge in [-0.05, 0) is 55.2 Å². The van der Waals surface area contributed by atoms with E-state index in [0.29, 0.717) is 6.54 Å². The summed E-state index contributed by atoms with van der Waals surface area (Å²) in [5.41, 5.74) is 4.11. The quantitative estimate of drug-likeness (QED) is 0.797. The minimum absolute atomic E-state index is 0.197. The van der Waals surface area contributed by atoms with Gasteiger partial charge in [0.2, 0.25) is 0 Å². The molecule has 2 amide bonds. The Morgan fingerprint density at radius 1 is 1.17 bits per heavy atom. The fourth-order valence-corrected chi connectivity index (χ4v) is 2.23. The summed E-state index contributed by atoms with van der Waals surface area (Å²) < 4.78 is 5.32. The average Bonchev–Trinajstić information content (AvgIpc) is 2.57. The molecular formula is C20H22N2O2. The van der Waals surface area contributed by atoms with Gasteiger partial charge in [0.05, 0.1) is 0 Å². The van der Waals surface area contributed by atoms with E-state index in [4.69, 9.17) is 11.2 Å². The van der Waals surface area contributed by atoms with E-state index < -0.39 is 0 Å².